The standard InChI is InChI=1S/C28H24F4N2O2/c1-18(33-36-17-20-4-8-22(9-5-20)28(30,31)32)26-16-27(21-6-10-23(29)11-7-21)34(19(26)2)24-12-14-25(35-3)15-13-24/h4-16H,17H2,1-3H3. The van der Waals surface area contributed by atoms with Crippen LogP contribution < -0.4 is 4.74 Å². The van der Waals surface area contributed by atoms with Gasteiger partial charge in [-0.1, -0.05) is 17.3 Å². The van der Waals surface area contributed by atoms with E-state index in [0.717, 1.165) is 46.1 Å². The molecule has 0 bridgehead atoms. The minimum absolute atomic E-state index is 0.0263. The molecule has 0 aliphatic heterocycles. The van der Waals surface area contributed by atoms with Crippen LogP contribution >= 0.6 is 0 Å². The van der Waals surface area contributed by atoms with Crippen LogP contribution in [-0.4, -0.2) is 17.4 Å². The Morgan fingerprint density at radius 1 is 0.917 bits per heavy atom. The van der Waals surface area contributed by atoms with Crippen LogP contribution in [0.4, 0.5) is 17.6 Å². The number of rotatable bonds is 7. The molecule has 36 heavy (non-hydrogen) atoms. The van der Waals surface area contributed by atoms with Gasteiger partial charge in [0.15, 0.2) is 0 Å². The van der Waals surface area contributed by atoms with Crippen LogP contribution in [0.3, 0.4) is 0 Å². The molecule has 4 nitrogen and oxygen atoms in total. The van der Waals surface area contributed by atoms with Crippen molar-refractivity contribution in [3.8, 4) is 22.7 Å². The molecule has 1 aromatic heterocycles. The molecule has 0 N–H and O–H groups in total. The number of aromatic nitrogens is 1. The fourth-order valence-electron chi connectivity index (χ4n) is 3.91. The zero-order chi connectivity index (χ0) is 25.9. The number of benzene rings is 3. The molecule has 0 aliphatic carbocycles. The number of methoxy groups -OCH3 is 1. The Kier molecular flexibility index (Phi) is 7.15. The highest BCUT2D eigenvalue weighted by Crippen LogP contribution is 2.31. The maximum absolute atomic E-state index is 13.6. The first-order valence-corrected chi connectivity index (χ1v) is 11.1. The Hall–Kier alpha value is -4.07. The van der Waals surface area contributed by atoms with Gasteiger partial charge in [0.25, 0.3) is 0 Å². The molecule has 0 saturated heterocycles. The predicted octanol–water partition coefficient (Wildman–Crippen LogP) is 7.56. The fraction of sp³-hybridized carbons (Fsp3) is 0.179. The van der Waals surface area contributed by atoms with Crippen molar-refractivity contribution >= 4 is 5.71 Å². The Morgan fingerprint density at radius 3 is 2.14 bits per heavy atom. The second-order valence-electron chi connectivity index (χ2n) is 8.21. The summed E-state index contributed by atoms with van der Waals surface area (Å²) in [7, 11) is 1.60. The summed E-state index contributed by atoms with van der Waals surface area (Å²) < 4.78 is 59.2. The van der Waals surface area contributed by atoms with Gasteiger partial charge in [-0.2, -0.15) is 13.2 Å². The van der Waals surface area contributed by atoms with Crippen molar-refractivity contribution in [1.29, 1.82) is 0 Å². The smallest absolute Gasteiger partial charge is 0.416 e. The summed E-state index contributed by atoms with van der Waals surface area (Å²) in [6.45, 7) is 3.77. The number of ether oxygens (including phenoxy) is 1. The minimum Gasteiger partial charge on any atom is -0.497 e. The zero-order valence-electron chi connectivity index (χ0n) is 19.9. The highest BCUT2D eigenvalue weighted by molar-refractivity contribution is 6.01. The van der Waals surface area contributed by atoms with Crippen LogP contribution in [0.25, 0.3) is 16.9 Å². The molecule has 0 atom stereocenters. The number of nitrogens with zero attached hydrogens (tertiary/aromatic N) is 2. The van der Waals surface area contributed by atoms with Crippen molar-refractivity contribution in [2.24, 2.45) is 5.16 Å². The van der Waals surface area contributed by atoms with E-state index in [1.165, 1.54) is 24.3 Å². The first kappa shape index (κ1) is 25.0. The second-order valence-corrected chi connectivity index (χ2v) is 8.21. The van der Waals surface area contributed by atoms with Crippen LogP contribution in [0.2, 0.25) is 0 Å². The summed E-state index contributed by atoms with van der Waals surface area (Å²) in [4.78, 5) is 5.45. The summed E-state index contributed by atoms with van der Waals surface area (Å²) in [5.74, 6) is 0.397. The second kappa shape index (κ2) is 10.3. The minimum atomic E-state index is -4.38. The third kappa shape index (κ3) is 5.43. The maximum atomic E-state index is 13.6. The number of alkyl halides is 3. The van der Waals surface area contributed by atoms with E-state index < -0.39 is 11.7 Å². The molecule has 186 valence electrons. The van der Waals surface area contributed by atoms with Crippen molar-refractivity contribution in [3.63, 3.8) is 0 Å². The van der Waals surface area contributed by atoms with E-state index >= 15 is 0 Å². The maximum Gasteiger partial charge on any atom is 0.416 e. The van der Waals surface area contributed by atoms with Crippen molar-refractivity contribution in [2.75, 3.05) is 7.11 Å². The monoisotopic (exact) mass is 496 g/mol. The van der Waals surface area contributed by atoms with Crippen LogP contribution in [0.5, 0.6) is 5.75 Å². The molecule has 0 saturated carbocycles. The Labute approximate surface area is 206 Å². The van der Waals surface area contributed by atoms with Crippen molar-refractivity contribution < 1.29 is 27.1 Å². The lowest BCUT2D eigenvalue weighted by molar-refractivity contribution is -0.137. The molecular formula is C28H24F4N2O2. The van der Waals surface area contributed by atoms with Gasteiger partial charge in [-0.25, -0.2) is 4.39 Å². The van der Waals surface area contributed by atoms with Gasteiger partial charge in [0.2, 0.25) is 0 Å². The van der Waals surface area contributed by atoms with Crippen LogP contribution in [0.15, 0.2) is 84.0 Å². The molecule has 4 aromatic rings. The average molecular weight is 497 g/mol. The Bertz CT molecular complexity index is 1360. The molecule has 0 amide bonds. The van der Waals surface area contributed by atoms with Gasteiger partial charge in [0, 0.05) is 16.9 Å². The lowest BCUT2D eigenvalue weighted by Gasteiger charge is -2.13. The SMILES string of the molecule is COc1ccc(-n2c(-c3ccc(F)cc3)cc(C(C)=NOCc3ccc(C(F)(F)F)cc3)c2C)cc1. The molecule has 0 radical (unpaired) electrons. The molecule has 1 heterocycles. The normalized spacial score (nSPS) is 12.0. The zero-order valence-corrected chi connectivity index (χ0v) is 19.9. The number of hydrogen-bond donors (Lipinski definition) is 0. The van der Waals surface area contributed by atoms with Gasteiger partial charge < -0.3 is 14.1 Å². The fourth-order valence-corrected chi connectivity index (χ4v) is 3.91. The molecular weight excluding hydrogens is 472 g/mol. The summed E-state index contributed by atoms with van der Waals surface area (Å²) in [6, 6.07) is 20.5. The number of halogens is 4. The largest absolute Gasteiger partial charge is 0.497 e. The topological polar surface area (TPSA) is 35.8 Å². The molecule has 3 aromatic carbocycles. The van der Waals surface area contributed by atoms with Gasteiger partial charge in [-0.05, 0) is 91.7 Å². The van der Waals surface area contributed by atoms with E-state index in [4.69, 9.17) is 9.57 Å². The predicted molar refractivity (Wildman–Crippen MR) is 131 cm³/mol. The quantitative estimate of drug-likeness (QED) is 0.150. The third-order valence-electron chi connectivity index (χ3n) is 5.82. The van der Waals surface area contributed by atoms with Gasteiger partial charge in [0.05, 0.1) is 24.1 Å². The average Bonchev–Trinajstić information content (AvgIpc) is 3.21. The highest BCUT2D eigenvalue weighted by Gasteiger charge is 2.29. The van der Waals surface area contributed by atoms with Gasteiger partial charge in [0.1, 0.15) is 18.2 Å². The van der Waals surface area contributed by atoms with Crippen LogP contribution in [0, 0.1) is 12.7 Å². The number of hydrogen-bond acceptors (Lipinski definition) is 3. The first-order valence-electron chi connectivity index (χ1n) is 11.1. The van der Waals surface area contributed by atoms with Crippen LogP contribution in [-0.2, 0) is 17.6 Å². The summed E-state index contributed by atoms with van der Waals surface area (Å²) in [6.07, 6.45) is -4.38. The van der Waals surface area contributed by atoms with E-state index in [2.05, 4.69) is 5.16 Å². The van der Waals surface area contributed by atoms with Gasteiger partial charge in [-0.15, -0.1) is 0 Å². The van der Waals surface area contributed by atoms with Crippen LogP contribution in [0.1, 0.15) is 29.3 Å². The molecule has 0 unspecified atom stereocenters. The molecule has 8 heteroatoms. The van der Waals surface area contributed by atoms with Gasteiger partial charge in [-0.3, -0.25) is 0 Å². The molecule has 0 spiro atoms. The highest BCUT2D eigenvalue weighted by atomic mass is 19.4. The van der Waals surface area contributed by atoms with E-state index in [0.29, 0.717) is 11.3 Å². The molecule has 0 fully saturated rings. The third-order valence-corrected chi connectivity index (χ3v) is 5.82. The van der Waals surface area contributed by atoms with E-state index in [1.807, 2.05) is 41.8 Å². The molecule has 4 rings (SSSR count). The van der Waals surface area contributed by atoms with Gasteiger partial charge >= 0.3 is 6.18 Å². The van der Waals surface area contributed by atoms with E-state index in [-0.39, 0.29) is 12.4 Å². The lowest BCUT2D eigenvalue weighted by atomic mass is 10.1. The summed E-state index contributed by atoms with van der Waals surface area (Å²) in [5.41, 5.74) is 4.70. The van der Waals surface area contributed by atoms with E-state index in [1.54, 1.807) is 26.2 Å². The summed E-state index contributed by atoms with van der Waals surface area (Å²) >= 11 is 0. The van der Waals surface area contributed by atoms with Crippen molar-refractivity contribution in [1.82, 2.24) is 4.57 Å². The Balaban J connectivity index is 1.64. The Morgan fingerprint density at radius 2 is 1.56 bits per heavy atom. The number of oxime groups is 1. The summed E-state index contributed by atoms with van der Waals surface area (Å²) in [5, 5.41) is 4.21. The first-order chi connectivity index (χ1) is 17.2. The van der Waals surface area contributed by atoms with E-state index in [9.17, 15) is 17.6 Å². The molecule has 0 aliphatic rings. The van der Waals surface area contributed by atoms with Crippen molar-refractivity contribution in [3.05, 3.63) is 107 Å². The van der Waals surface area contributed by atoms with Crippen molar-refractivity contribution in [2.45, 2.75) is 26.6 Å². The lowest BCUT2D eigenvalue weighted by Crippen LogP contribution is -2.04.